The number of nitrogen functional groups attached to an aromatic ring is 1. The number of benzene rings is 2. The van der Waals surface area contributed by atoms with Crippen LogP contribution < -0.4 is 5.73 Å². The monoisotopic (exact) mass is 294 g/mol. The van der Waals surface area contributed by atoms with Gasteiger partial charge in [-0.15, -0.1) is 10.2 Å². The first-order chi connectivity index (χ1) is 10.5. The number of fused-ring (bicyclic) bond motifs is 1. The van der Waals surface area contributed by atoms with E-state index in [0.29, 0.717) is 16.6 Å². The zero-order chi connectivity index (χ0) is 15.7. The molecule has 0 saturated heterocycles. The minimum atomic E-state index is -0.499. The maximum atomic E-state index is 12.0. The number of carbonyl (C=O) groups excluding carboxylic acids is 1. The van der Waals surface area contributed by atoms with Gasteiger partial charge in [0.25, 0.3) is 5.91 Å². The van der Waals surface area contributed by atoms with Crippen molar-refractivity contribution >= 4 is 28.2 Å². The fourth-order valence-corrected chi connectivity index (χ4v) is 2.16. The largest absolute Gasteiger partial charge is 0.493 e. The number of rotatable bonds is 2. The number of nitrogens with zero attached hydrogens (tertiary/aromatic N) is 2. The summed E-state index contributed by atoms with van der Waals surface area (Å²) in [4.78, 5) is 14.8. The van der Waals surface area contributed by atoms with E-state index in [9.17, 15) is 9.90 Å². The Kier molecular flexibility index (Phi) is 3.34. The first-order valence-electron chi connectivity index (χ1n) is 6.67. The van der Waals surface area contributed by atoms with Gasteiger partial charge in [0.2, 0.25) is 5.88 Å². The van der Waals surface area contributed by atoms with Crippen LogP contribution in [0.25, 0.3) is 10.9 Å². The zero-order valence-corrected chi connectivity index (χ0v) is 11.9. The van der Waals surface area contributed by atoms with Gasteiger partial charge in [-0.25, -0.2) is 0 Å². The van der Waals surface area contributed by atoms with Crippen molar-refractivity contribution < 1.29 is 9.90 Å². The molecule has 1 amide bonds. The van der Waals surface area contributed by atoms with Gasteiger partial charge in [-0.05, 0) is 43.3 Å². The van der Waals surface area contributed by atoms with Gasteiger partial charge < -0.3 is 15.8 Å². The van der Waals surface area contributed by atoms with Crippen molar-refractivity contribution in [3.8, 4) is 5.88 Å². The summed E-state index contributed by atoms with van der Waals surface area (Å²) < 4.78 is 0. The maximum Gasteiger partial charge on any atom is 0.295 e. The van der Waals surface area contributed by atoms with Crippen LogP contribution in [0.1, 0.15) is 15.9 Å². The molecule has 3 rings (SSSR count). The molecule has 0 unspecified atom stereocenters. The molecule has 0 radical (unpaired) electrons. The second kappa shape index (κ2) is 5.33. The SMILES string of the molecule is Cc1ccc2[nH]c(O)c(N=NC(=O)c3ccc(N)cc3)c2c1. The third-order valence-electron chi connectivity index (χ3n) is 3.31. The van der Waals surface area contributed by atoms with E-state index in [1.807, 2.05) is 25.1 Å². The van der Waals surface area contributed by atoms with Crippen molar-refractivity contribution in [1.29, 1.82) is 0 Å². The molecule has 2 aromatic carbocycles. The third kappa shape index (κ3) is 2.54. The number of nitrogens with one attached hydrogen (secondary N) is 1. The number of anilines is 1. The Balaban J connectivity index is 1.95. The summed E-state index contributed by atoms with van der Waals surface area (Å²) in [5.74, 6) is -0.615. The highest BCUT2D eigenvalue weighted by Gasteiger charge is 2.11. The first-order valence-corrected chi connectivity index (χ1v) is 6.67. The van der Waals surface area contributed by atoms with Gasteiger partial charge in [0.15, 0.2) is 5.69 Å². The van der Waals surface area contributed by atoms with Gasteiger partial charge >= 0.3 is 0 Å². The fraction of sp³-hybridized carbons (Fsp3) is 0.0625. The van der Waals surface area contributed by atoms with Crippen LogP contribution in [0.5, 0.6) is 5.88 Å². The molecule has 0 bridgehead atoms. The van der Waals surface area contributed by atoms with Crippen molar-refractivity contribution in [3.05, 3.63) is 53.6 Å². The number of H-pyrrole nitrogens is 1. The van der Waals surface area contributed by atoms with Gasteiger partial charge in [-0.1, -0.05) is 11.6 Å². The highest BCUT2D eigenvalue weighted by Crippen LogP contribution is 2.35. The van der Waals surface area contributed by atoms with Gasteiger partial charge in [-0.3, -0.25) is 4.79 Å². The van der Waals surface area contributed by atoms with E-state index in [0.717, 1.165) is 11.1 Å². The molecule has 0 aliphatic carbocycles. The van der Waals surface area contributed by atoms with Gasteiger partial charge in [0, 0.05) is 16.6 Å². The molecular formula is C16H14N4O2. The van der Waals surface area contributed by atoms with E-state index in [1.54, 1.807) is 24.3 Å². The average molecular weight is 294 g/mol. The molecule has 1 aromatic heterocycles. The fourth-order valence-electron chi connectivity index (χ4n) is 2.16. The summed E-state index contributed by atoms with van der Waals surface area (Å²) in [7, 11) is 0. The Morgan fingerprint density at radius 1 is 1.18 bits per heavy atom. The van der Waals surface area contributed by atoms with Crippen molar-refractivity contribution in [3.63, 3.8) is 0 Å². The minimum Gasteiger partial charge on any atom is -0.493 e. The molecular weight excluding hydrogens is 280 g/mol. The van der Waals surface area contributed by atoms with E-state index in [1.165, 1.54) is 0 Å². The smallest absolute Gasteiger partial charge is 0.295 e. The summed E-state index contributed by atoms with van der Waals surface area (Å²) in [5.41, 5.74) is 8.53. The Morgan fingerprint density at radius 3 is 2.64 bits per heavy atom. The summed E-state index contributed by atoms with van der Waals surface area (Å²) >= 11 is 0. The van der Waals surface area contributed by atoms with E-state index in [4.69, 9.17) is 5.73 Å². The maximum absolute atomic E-state index is 12.0. The summed E-state index contributed by atoms with van der Waals surface area (Å²) in [6.07, 6.45) is 0. The lowest BCUT2D eigenvalue weighted by Crippen LogP contribution is -1.94. The molecule has 110 valence electrons. The van der Waals surface area contributed by atoms with Crippen LogP contribution in [0, 0.1) is 6.92 Å². The Labute approximate surface area is 126 Å². The number of aromatic amines is 1. The van der Waals surface area contributed by atoms with Crippen LogP contribution in [-0.4, -0.2) is 16.0 Å². The topological polar surface area (TPSA) is 104 Å². The number of hydrogen-bond acceptors (Lipinski definition) is 4. The summed E-state index contributed by atoms with van der Waals surface area (Å²) in [6, 6.07) is 12.0. The van der Waals surface area contributed by atoms with Crippen LogP contribution in [0.15, 0.2) is 52.7 Å². The molecule has 4 N–H and O–H groups in total. The highest BCUT2D eigenvalue weighted by molar-refractivity contribution is 5.97. The number of azo groups is 1. The summed E-state index contributed by atoms with van der Waals surface area (Å²) in [5, 5.41) is 18.2. The quantitative estimate of drug-likeness (QED) is 0.496. The average Bonchev–Trinajstić information content (AvgIpc) is 2.80. The molecule has 3 aromatic rings. The van der Waals surface area contributed by atoms with E-state index >= 15 is 0 Å². The molecule has 0 spiro atoms. The van der Waals surface area contributed by atoms with E-state index in [-0.39, 0.29) is 11.6 Å². The number of amides is 1. The standard InChI is InChI=1S/C16H14N4O2/c1-9-2-7-13-12(8-9)14(16(22)18-13)19-20-15(21)10-3-5-11(17)6-4-10/h2-8,18,22H,17H2,1H3. The van der Waals surface area contributed by atoms with E-state index in [2.05, 4.69) is 15.2 Å². The second-order valence-corrected chi connectivity index (χ2v) is 5.00. The third-order valence-corrected chi connectivity index (χ3v) is 3.31. The minimum absolute atomic E-state index is 0.116. The summed E-state index contributed by atoms with van der Waals surface area (Å²) in [6.45, 7) is 1.93. The predicted molar refractivity (Wildman–Crippen MR) is 84.4 cm³/mol. The number of aromatic nitrogens is 1. The van der Waals surface area contributed by atoms with Crippen molar-refractivity contribution in [1.82, 2.24) is 4.98 Å². The zero-order valence-electron chi connectivity index (χ0n) is 11.9. The number of carbonyl (C=O) groups is 1. The molecule has 22 heavy (non-hydrogen) atoms. The molecule has 6 nitrogen and oxygen atoms in total. The number of nitrogens with two attached hydrogens (primary N) is 1. The number of aryl methyl sites for hydroxylation is 1. The van der Waals surface area contributed by atoms with Crippen LogP contribution >= 0.6 is 0 Å². The lowest BCUT2D eigenvalue weighted by Gasteiger charge is -1.96. The molecule has 1 heterocycles. The van der Waals surface area contributed by atoms with Crippen molar-refractivity contribution in [2.24, 2.45) is 10.2 Å². The predicted octanol–water partition coefficient (Wildman–Crippen LogP) is 3.69. The Hall–Kier alpha value is -3.15. The van der Waals surface area contributed by atoms with Gasteiger partial charge in [0.1, 0.15) is 0 Å². The lowest BCUT2D eigenvalue weighted by atomic mass is 10.1. The van der Waals surface area contributed by atoms with Crippen LogP contribution in [0.2, 0.25) is 0 Å². The van der Waals surface area contributed by atoms with Crippen LogP contribution in [-0.2, 0) is 0 Å². The molecule has 0 saturated carbocycles. The van der Waals surface area contributed by atoms with Gasteiger partial charge in [-0.2, -0.15) is 0 Å². The molecule has 0 aliphatic rings. The molecule has 0 aliphatic heterocycles. The Bertz CT molecular complexity index is 879. The highest BCUT2D eigenvalue weighted by atomic mass is 16.3. The number of hydrogen-bond donors (Lipinski definition) is 3. The second-order valence-electron chi connectivity index (χ2n) is 5.00. The van der Waals surface area contributed by atoms with Gasteiger partial charge in [0.05, 0.1) is 5.52 Å². The lowest BCUT2D eigenvalue weighted by molar-refractivity contribution is 0.0995. The first kappa shape index (κ1) is 13.8. The normalized spacial score (nSPS) is 11.3. The Morgan fingerprint density at radius 2 is 1.91 bits per heavy atom. The van der Waals surface area contributed by atoms with Crippen LogP contribution in [0.4, 0.5) is 11.4 Å². The van der Waals surface area contributed by atoms with E-state index < -0.39 is 5.91 Å². The molecule has 0 atom stereocenters. The van der Waals surface area contributed by atoms with Crippen molar-refractivity contribution in [2.75, 3.05) is 5.73 Å². The van der Waals surface area contributed by atoms with Crippen LogP contribution in [0.3, 0.4) is 0 Å². The molecule has 0 fully saturated rings. The number of aromatic hydroxyl groups is 1. The van der Waals surface area contributed by atoms with Crippen molar-refractivity contribution in [2.45, 2.75) is 6.92 Å². The molecule has 6 heteroatoms.